The maximum atomic E-state index is 14.6. The van der Waals surface area contributed by atoms with Crippen LogP contribution < -0.4 is 10.9 Å². The van der Waals surface area contributed by atoms with E-state index in [-0.39, 0.29) is 42.8 Å². The molecular formula is C58H85N3O14. The number of piperidine rings is 1. The number of fused-ring (bicyclic) bond motifs is 3. The third-order valence-electron chi connectivity index (χ3n) is 15.8. The lowest BCUT2D eigenvalue weighted by Crippen LogP contribution is -2.61. The average Bonchev–Trinajstić information content (AvgIpc) is 3.40. The molecule has 0 radical (unpaired) electrons. The van der Waals surface area contributed by atoms with Crippen LogP contribution in [0.2, 0.25) is 0 Å². The Bertz CT molecular complexity index is 2210. The minimum atomic E-state index is -2.46. The molecule has 416 valence electrons. The lowest BCUT2D eigenvalue weighted by Gasteiger charge is -2.42. The molecule has 0 unspecified atom stereocenters. The van der Waals surface area contributed by atoms with Crippen molar-refractivity contribution in [3.8, 4) is 0 Å². The summed E-state index contributed by atoms with van der Waals surface area (Å²) in [5.41, 5.74) is 7.31. The van der Waals surface area contributed by atoms with Crippen molar-refractivity contribution in [2.75, 3.05) is 33.3 Å². The van der Waals surface area contributed by atoms with E-state index in [1.54, 1.807) is 53.2 Å². The van der Waals surface area contributed by atoms with Crippen LogP contribution in [0.5, 0.6) is 0 Å². The first-order valence-electron chi connectivity index (χ1n) is 27.0. The zero-order valence-corrected chi connectivity index (χ0v) is 45.9. The first-order chi connectivity index (χ1) is 35.7. The number of aliphatic hydroxyl groups excluding tert-OH is 1. The number of hydrogen-bond acceptors (Lipinski definition) is 15. The fourth-order valence-corrected chi connectivity index (χ4v) is 11.0. The van der Waals surface area contributed by atoms with E-state index in [0.717, 1.165) is 5.57 Å². The predicted molar refractivity (Wildman–Crippen MR) is 283 cm³/mol. The number of ketones is 3. The quantitative estimate of drug-likeness (QED) is 0.0797. The summed E-state index contributed by atoms with van der Waals surface area (Å²) in [6.07, 6.45) is 9.81. The molecule has 1 aliphatic carbocycles. The number of cyclic esters (lactones) is 1. The molecule has 1 saturated carbocycles. The van der Waals surface area contributed by atoms with Crippen molar-refractivity contribution < 1.29 is 67.4 Å². The Morgan fingerprint density at radius 3 is 2.28 bits per heavy atom. The summed E-state index contributed by atoms with van der Waals surface area (Å²) in [6, 6.07) is 7.94. The Kier molecular flexibility index (Phi) is 23.4. The Labute approximate surface area is 444 Å². The number of carbonyl (C=O) groups excluding carboxylic acids is 6. The highest BCUT2D eigenvalue weighted by molar-refractivity contribution is 6.39. The van der Waals surface area contributed by atoms with Gasteiger partial charge in [-0.3, -0.25) is 24.6 Å². The summed E-state index contributed by atoms with van der Waals surface area (Å²) in [7, 11) is 4.50. The molecule has 4 aliphatic rings. The number of allylic oxidation sites excluding steroid dienone is 6. The number of amides is 2. The molecule has 2 amide bonds. The van der Waals surface area contributed by atoms with E-state index < -0.39 is 102 Å². The summed E-state index contributed by atoms with van der Waals surface area (Å²) in [5, 5.41) is 23.6. The van der Waals surface area contributed by atoms with Crippen molar-refractivity contribution in [3.63, 3.8) is 0 Å². The first-order valence-corrected chi connectivity index (χ1v) is 27.0. The number of methoxy groups -OCH3 is 3. The van der Waals surface area contributed by atoms with E-state index in [9.17, 15) is 39.0 Å². The van der Waals surface area contributed by atoms with E-state index in [4.69, 9.17) is 28.4 Å². The number of ether oxygens (including phenoxy) is 6. The minimum absolute atomic E-state index is 0.00143. The standard InChI is InChI=1S/C58H85N3O14/c1-35-19-13-11-14-20-36(2)48(70-8)33-44-26-24-41(7)58(69,75-44)54(65)55(66)61-28-18-17-23-45(61)56(67)73-49(34-46(62)37(3)30-40(6)52(64)53(72-10)51(63)39(5)29-35)38(4)31-42-25-27-47(50(32-42)71-9)74-57(68)60-59-43-21-15-12-16-22-43/h11-16,19-22,30,35,37-39,41-42,44-45,47-50,52-53,59,64,69H,17-18,23-29,31-34H2,1-10H3,(H,60,68)/b14-11+,19-13-,36-20+,40-30+/t35-,37-,38-,39-,41-,42+,44+,45+,47-,48+,49+,50-,52-,53+,58-/m1/s1. The van der Waals surface area contributed by atoms with Crippen LogP contribution in [0.3, 0.4) is 0 Å². The van der Waals surface area contributed by atoms with Gasteiger partial charge in [0, 0.05) is 58.5 Å². The molecule has 17 nitrogen and oxygen atoms in total. The molecule has 17 heteroatoms. The molecule has 2 bridgehead atoms. The molecule has 1 aromatic rings. The van der Waals surface area contributed by atoms with Crippen molar-refractivity contribution in [3.05, 3.63) is 77.9 Å². The van der Waals surface area contributed by atoms with Crippen LogP contribution in [0.15, 0.2) is 77.9 Å². The summed E-state index contributed by atoms with van der Waals surface area (Å²) < 4.78 is 35.6. The van der Waals surface area contributed by atoms with Crippen molar-refractivity contribution in [2.24, 2.45) is 35.5 Å². The zero-order chi connectivity index (χ0) is 55.0. The van der Waals surface area contributed by atoms with Gasteiger partial charge < -0.3 is 43.5 Å². The number of para-hydroxylation sites is 1. The number of Topliss-reactive ketones (excluding diaryl/α,β-unsaturated/α-hetero) is 3. The highest BCUT2D eigenvalue weighted by Crippen LogP contribution is 2.38. The van der Waals surface area contributed by atoms with Gasteiger partial charge in [0.15, 0.2) is 5.78 Å². The number of anilines is 1. The zero-order valence-electron chi connectivity index (χ0n) is 45.9. The van der Waals surface area contributed by atoms with Gasteiger partial charge in [0.1, 0.15) is 36.2 Å². The van der Waals surface area contributed by atoms with Gasteiger partial charge in [0.05, 0.1) is 24.0 Å². The topological polar surface area (TPSA) is 226 Å². The summed E-state index contributed by atoms with van der Waals surface area (Å²) in [5.74, 6) is -8.38. The lowest BCUT2D eigenvalue weighted by molar-refractivity contribution is -0.265. The second kappa shape index (κ2) is 28.9. The van der Waals surface area contributed by atoms with Crippen molar-refractivity contribution >= 4 is 41.0 Å². The van der Waals surface area contributed by atoms with Gasteiger partial charge in [-0.25, -0.2) is 15.0 Å². The fraction of sp³-hybridized carbons (Fsp3) is 0.655. The number of hydrogen-bond donors (Lipinski definition) is 4. The van der Waals surface area contributed by atoms with E-state index in [1.807, 2.05) is 76.3 Å². The molecular weight excluding hydrogens is 963 g/mol. The van der Waals surface area contributed by atoms with Gasteiger partial charge in [-0.2, -0.15) is 0 Å². The number of benzene rings is 1. The molecule has 1 aromatic carbocycles. The summed E-state index contributed by atoms with van der Waals surface area (Å²) >= 11 is 0. The molecule has 4 N–H and O–H groups in total. The Balaban J connectivity index is 1.42. The molecule has 5 rings (SSSR count). The Hall–Kier alpha value is -5.04. The number of hydrazine groups is 1. The van der Waals surface area contributed by atoms with Crippen molar-refractivity contribution in [1.29, 1.82) is 0 Å². The van der Waals surface area contributed by atoms with Gasteiger partial charge in [-0.1, -0.05) is 89.3 Å². The van der Waals surface area contributed by atoms with E-state index >= 15 is 0 Å². The monoisotopic (exact) mass is 1050 g/mol. The second-order valence-electron chi connectivity index (χ2n) is 21.6. The minimum Gasteiger partial charge on any atom is -0.460 e. The van der Waals surface area contributed by atoms with Gasteiger partial charge in [0.2, 0.25) is 5.79 Å². The number of rotatable bonds is 9. The second-order valence-corrected chi connectivity index (χ2v) is 21.6. The van der Waals surface area contributed by atoms with Gasteiger partial charge in [0.25, 0.3) is 11.7 Å². The number of carbonyl (C=O) groups is 6. The van der Waals surface area contributed by atoms with Crippen LogP contribution in [-0.2, 0) is 52.4 Å². The Morgan fingerprint density at radius 1 is 0.853 bits per heavy atom. The number of nitrogens with zero attached hydrogens (tertiary/aromatic N) is 1. The van der Waals surface area contributed by atoms with Crippen LogP contribution in [0.4, 0.5) is 10.5 Å². The molecule has 0 aromatic heterocycles. The van der Waals surface area contributed by atoms with E-state index in [2.05, 4.69) is 10.9 Å². The number of nitrogens with one attached hydrogen (secondary N) is 2. The molecule has 0 spiro atoms. The van der Waals surface area contributed by atoms with Crippen molar-refractivity contribution in [2.45, 2.75) is 180 Å². The highest BCUT2D eigenvalue weighted by Gasteiger charge is 2.53. The Morgan fingerprint density at radius 2 is 1.59 bits per heavy atom. The maximum Gasteiger partial charge on any atom is 0.426 e. The third kappa shape index (κ3) is 16.7. The molecule has 2 saturated heterocycles. The first kappa shape index (κ1) is 60.8. The molecule has 75 heavy (non-hydrogen) atoms. The van der Waals surface area contributed by atoms with Crippen LogP contribution >= 0.6 is 0 Å². The molecule has 3 fully saturated rings. The van der Waals surface area contributed by atoms with E-state index in [0.29, 0.717) is 75.5 Å². The normalized spacial score (nSPS) is 36.3. The average molecular weight is 1050 g/mol. The predicted octanol–water partition coefficient (Wildman–Crippen LogP) is 7.94. The van der Waals surface area contributed by atoms with Gasteiger partial charge in [-0.15, -0.1) is 0 Å². The smallest absolute Gasteiger partial charge is 0.426 e. The molecule has 3 aliphatic heterocycles. The summed E-state index contributed by atoms with van der Waals surface area (Å²) in [6.45, 7) is 12.7. The lowest BCUT2D eigenvalue weighted by atomic mass is 9.78. The van der Waals surface area contributed by atoms with Crippen LogP contribution in [-0.4, -0.2) is 133 Å². The highest BCUT2D eigenvalue weighted by atomic mass is 16.6. The summed E-state index contributed by atoms with van der Waals surface area (Å²) in [4.78, 5) is 85.4. The van der Waals surface area contributed by atoms with Crippen LogP contribution in [0.25, 0.3) is 0 Å². The number of esters is 1. The van der Waals surface area contributed by atoms with Crippen LogP contribution in [0, 0.1) is 35.5 Å². The van der Waals surface area contributed by atoms with Crippen molar-refractivity contribution in [1.82, 2.24) is 10.3 Å². The molecule has 3 heterocycles. The molecule has 15 atom stereocenters. The number of aliphatic hydroxyl groups is 2. The SMILES string of the molecule is CO[C@H]1C[C@@H]2CC[C@@H](C)[C@@](O)(O2)C(=O)C(=O)N2CCCC[C@H]2C(=O)O[C@H]([C@H](C)C[C@@H]2CC[C@@H](OC(=O)NNc3ccccc3)[C@H](OC)C2)CC(=O)[C@H](C)/C=C(\C)[C@@H](O)[C@@H](OC)C(=O)[C@H](C)C[C@H](C)\C=C/C=C/C=C/1C. The third-order valence-corrected chi connectivity index (χ3v) is 15.8. The van der Waals surface area contributed by atoms with E-state index in [1.165, 1.54) is 12.0 Å². The van der Waals surface area contributed by atoms with Gasteiger partial charge in [-0.05, 0) is 119 Å². The van der Waals surface area contributed by atoms with Gasteiger partial charge >= 0.3 is 12.1 Å². The maximum absolute atomic E-state index is 14.6. The largest absolute Gasteiger partial charge is 0.460 e. The fourth-order valence-electron chi connectivity index (χ4n) is 11.0. The van der Waals surface area contributed by atoms with Crippen LogP contribution in [0.1, 0.15) is 126 Å².